The number of hydrazone groups is 1. The second kappa shape index (κ2) is 2.01. The van der Waals surface area contributed by atoms with Gasteiger partial charge in [0.05, 0.1) is 12.1 Å². The molecule has 1 amide bonds. The molecule has 0 saturated heterocycles. The van der Waals surface area contributed by atoms with Crippen LogP contribution in [0.2, 0.25) is 0 Å². The molecule has 0 aromatic heterocycles. The van der Waals surface area contributed by atoms with Gasteiger partial charge >= 0.3 is 0 Å². The molecule has 0 unspecified atom stereocenters. The van der Waals surface area contributed by atoms with E-state index in [4.69, 9.17) is 0 Å². The summed E-state index contributed by atoms with van der Waals surface area (Å²) >= 11 is 0. The first kappa shape index (κ1) is 6.01. The molecule has 1 aliphatic heterocycles. The van der Waals surface area contributed by atoms with Crippen LogP contribution in [-0.4, -0.2) is 23.7 Å². The fourth-order valence-electron chi connectivity index (χ4n) is 0.666. The number of rotatable bonds is 1. The predicted octanol–water partition coefficient (Wildman–Crippen LogP) is 0.390. The van der Waals surface area contributed by atoms with Crippen LogP contribution in [0.3, 0.4) is 0 Å². The van der Waals surface area contributed by atoms with E-state index in [0.29, 0.717) is 6.42 Å². The van der Waals surface area contributed by atoms with E-state index in [1.807, 2.05) is 0 Å². The predicted molar refractivity (Wildman–Crippen MR) is 35.0 cm³/mol. The number of allylic oxidation sites excluding steroid dienone is 1. The van der Waals surface area contributed by atoms with Gasteiger partial charge in [-0.25, -0.2) is 5.01 Å². The minimum absolute atomic E-state index is 0.0323. The smallest absolute Gasteiger partial charge is 0.248 e. The quantitative estimate of drug-likeness (QED) is 0.497. The van der Waals surface area contributed by atoms with Gasteiger partial charge in [0, 0.05) is 7.05 Å². The molecule has 0 bridgehead atoms. The molecule has 0 atom stereocenters. The number of hydrogen-bond acceptors (Lipinski definition) is 2. The molecule has 9 heavy (non-hydrogen) atoms. The van der Waals surface area contributed by atoms with Crippen molar-refractivity contribution in [3.05, 3.63) is 12.7 Å². The highest BCUT2D eigenvalue weighted by Crippen LogP contribution is 2.04. The Kier molecular flexibility index (Phi) is 1.34. The third kappa shape index (κ3) is 0.988. The molecule has 0 spiro atoms. The number of hydrogen-bond donors (Lipinski definition) is 0. The standard InChI is InChI=1S/C6H8N2O/c1-3-5-4-6(9)8(2)7-5/h3H,1,4H2,2H3. The van der Waals surface area contributed by atoms with Crippen molar-refractivity contribution in [2.75, 3.05) is 7.05 Å². The Balaban J connectivity index is 2.73. The van der Waals surface area contributed by atoms with Crippen LogP contribution in [0, 0.1) is 0 Å². The SMILES string of the molecule is C=CC1=NN(C)C(=O)C1. The molecule has 1 aliphatic rings. The van der Waals surface area contributed by atoms with Crippen LogP contribution in [0.1, 0.15) is 6.42 Å². The normalized spacial score (nSPS) is 18.1. The summed E-state index contributed by atoms with van der Waals surface area (Å²) in [6, 6.07) is 0. The Morgan fingerprint density at radius 3 is 2.78 bits per heavy atom. The molecule has 1 rings (SSSR count). The molecule has 0 radical (unpaired) electrons. The van der Waals surface area contributed by atoms with Gasteiger partial charge in [0.15, 0.2) is 0 Å². The molecule has 0 aliphatic carbocycles. The zero-order valence-corrected chi connectivity index (χ0v) is 5.29. The number of carbonyl (C=O) groups is 1. The van der Waals surface area contributed by atoms with Gasteiger partial charge in [-0.1, -0.05) is 6.58 Å². The summed E-state index contributed by atoms with van der Waals surface area (Å²) in [6.45, 7) is 3.50. The van der Waals surface area contributed by atoms with Gasteiger partial charge in [-0.05, 0) is 6.08 Å². The van der Waals surface area contributed by atoms with Crippen LogP contribution in [0.15, 0.2) is 17.8 Å². The van der Waals surface area contributed by atoms with Crippen molar-refractivity contribution in [1.29, 1.82) is 0 Å². The Bertz CT molecular complexity index is 183. The summed E-state index contributed by atoms with van der Waals surface area (Å²) in [4.78, 5) is 10.7. The molecular formula is C6H8N2O. The molecule has 1 heterocycles. The number of nitrogens with zero attached hydrogens (tertiary/aromatic N) is 2. The molecule has 0 aromatic carbocycles. The molecule has 3 nitrogen and oxygen atoms in total. The number of amides is 1. The van der Waals surface area contributed by atoms with Crippen LogP contribution >= 0.6 is 0 Å². The third-order valence-corrected chi connectivity index (χ3v) is 1.21. The van der Waals surface area contributed by atoms with E-state index in [9.17, 15) is 4.79 Å². The highest BCUT2D eigenvalue weighted by Gasteiger charge is 2.16. The first-order chi connectivity index (χ1) is 4.24. The van der Waals surface area contributed by atoms with Crippen molar-refractivity contribution in [1.82, 2.24) is 5.01 Å². The van der Waals surface area contributed by atoms with Gasteiger partial charge in [0.2, 0.25) is 5.91 Å². The van der Waals surface area contributed by atoms with Crippen LogP contribution in [0.5, 0.6) is 0 Å². The molecule has 48 valence electrons. The number of carbonyl (C=O) groups excluding carboxylic acids is 1. The van der Waals surface area contributed by atoms with Crippen molar-refractivity contribution in [3.8, 4) is 0 Å². The zero-order valence-electron chi connectivity index (χ0n) is 5.29. The van der Waals surface area contributed by atoms with Gasteiger partial charge < -0.3 is 0 Å². The van der Waals surface area contributed by atoms with Crippen molar-refractivity contribution in [2.45, 2.75) is 6.42 Å². The van der Waals surface area contributed by atoms with Crippen LogP contribution in [0.4, 0.5) is 0 Å². The fourth-order valence-corrected chi connectivity index (χ4v) is 0.666. The van der Waals surface area contributed by atoms with Gasteiger partial charge in [-0.2, -0.15) is 5.10 Å². The largest absolute Gasteiger partial charge is 0.273 e. The molecular weight excluding hydrogens is 116 g/mol. The highest BCUT2D eigenvalue weighted by molar-refractivity contribution is 6.10. The van der Waals surface area contributed by atoms with E-state index in [2.05, 4.69) is 11.7 Å². The van der Waals surface area contributed by atoms with Crippen LogP contribution < -0.4 is 0 Å². The average Bonchev–Trinajstić information content (AvgIpc) is 2.13. The lowest BCUT2D eigenvalue weighted by Gasteiger charge is -1.98. The lowest BCUT2D eigenvalue weighted by molar-refractivity contribution is -0.127. The second-order valence-corrected chi connectivity index (χ2v) is 1.89. The summed E-state index contributed by atoms with van der Waals surface area (Å²) in [5.74, 6) is 0.0323. The summed E-state index contributed by atoms with van der Waals surface area (Å²) in [7, 11) is 1.64. The lowest BCUT2D eigenvalue weighted by Crippen LogP contribution is -2.13. The Morgan fingerprint density at radius 2 is 2.56 bits per heavy atom. The van der Waals surface area contributed by atoms with E-state index in [1.165, 1.54) is 5.01 Å². The van der Waals surface area contributed by atoms with E-state index < -0.39 is 0 Å². The molecule has 0 aromatic rings. The maximum atomic E-state index is 10.7. The Labute approximate surface area is 53.7 Å². The Hall–Kier alpha value is -1.12. The minimum atomic E-state index is 0.0323. The van der Waals surface area contributed by atoms with Gasteiger partial charge in [0.25, 0.3) is 0 Å². The van der Waals surface area contributed by atoms with Crippen molar-refractivity contribution in [2.24, 2.45) is 5.10 Å². The third-order valence-electron chi connectivity index (χ3n) is 1.21. The monoisotopic (exact) mass is 124 g/mol. The highest BCUT2D eigenvalue weighted by atomic mass is 16.2. The van der Waals surface area contributed by atoms with Gasteiger partial charge in [-0.3, -0.25) is 4.79 Å². The van der Waals surface area contributed by atoms with Crippen molar-refractivity contribution in [3.63, 3.8) is 0 Å². The maximum absolute atomic E-state index is 10.7. The molecule has 0 N–H and O–H groups in total. The summed E-state index contributed by atoms with van der Waals surface area (Å²) < 4.78 is 0. The summed E-state index contributed by atoms with van der Waals surface area (Å²) in [5.41, 5.74) is 0.752. The van der Waals surface area contributed by atoms with E-state index in [1.54, 1.807) is 13.1 Å². The first-order valence-corrected chi connectivity index (χ1v) is 2.70. The molecule has 0 fully saturated rings. The van der Waals surface area contributed by atoms with Gasteiger partial charge in [0.1, 0.15) is 0 Å². The average molecular weight is 124 g/mol. The minimum Gasteiger partial charge on any atom is -0.273 e. The van der Waals surface area contributed by atoms with E-state index >= 15 is 0 Å². The maximum Gasteiger partial charge on any atom is 0.248 e. The molecule has 3 heteroatoms. The Morgan fingerprint density at radius 1 is 1.89 bits per heavy atom. The second-order valence-electron chi connectivity index (χ2n) is 1.89. The van der Waals surface area contributed by atoms with Gasteiger partial charge in [-0.15, -0.1) is 0 Å². The van der Waals surface area contributed by atoms with Crippen LogP contribution in [0.25, 0.3) is 0 Å². The zero-order chi connectivity index (χ0) is 6.85. The van der Waals surface area contributed by atoms with Crippen molar-refractivity contribution < 1.29 is 4.79 Å². The van der Waals surface area contributed by atoms with E-state index in [-0.39, 0.29) is 5.91 Å². The van der Waals surface area contributed by atoms with Crippen LogP contribution in [-0.2, 0) is 4.79 Å². The van der Waals surface area contributed by atoms with E-state index in [0.717, 1.165) is 5.71 Å². The lowest BCUT2D eigenvalue weighted by atomic mass is 10.3. The summed E-state index contributed by atoms with van der Waals surface area (Å²) in [5, 5.41) is 5.20. The summed E-state index contributed by atoms with van der Waals surface area (Å²) in [6.07, 6.45) is 2.00. The topological polar surface area (TPSA) is 32.7 Å². The fraction of sp³-hybridized carbons (Fsp3) is 0.333. The first-order valence-electron chi connectivity index (χ1n) is 2.70. The molecule has 0 saturated carbocycles. The van der Waals surface area contributed by atoms with Crippen molar-refractivity contribution >= 4 is 11.6 Å².